The molecule has 2 aromatic carbocycles. The van der Waals surface area contributed by atoms with E-state index in [0.29, 0.717) is 35.3 Å². The number of anilines is 1. The van der Waals surface area contributed by atoms with Gasteiger partial charge in [0.25, 0.3) is 5.91 Å². The molecule has 0 spiro atoms. The third kappa shape index (κ3) is 5.13. The van der Waals surface area contributed by atoms with Crippen molar-refractivity contribution in [1.82, 2.24) is 9.88 Å². The highest BCUT2D eigenvalue weighted by Crippen LogP contribution is 2.13. The molecule has 156 valence electrons. The van der Waals surface area contributed by atoms with Gasteiger partial charge in [-0.1, -0.05) is 12.1 Å². The molecule has 3 rings (SSSR count). The van der Waals surface area contributed by atoms with Gasteiger partial charge in [0.05, 0.1) is 12.6 Å². The number of benzene rings is 2. The summed E-state index contributed by atoms with van der Waals surface area (Å²) in [6.45, 7) is 0.144. The number of amides is 2. The Hall–Kier alpha value is -3.88. The summed E-state index contributed by atoms with van der Waals surface area (Å²) in [6.07, 6.45) is 0.677. The number of nitrogens with one attached hydrogen (secondary N) is 2. The molecule has 0 unspecified atom stereocenters. The zero-order valence-corrected chi connectivity index (χ0v) is 16.3. The van der Waals surface area contributed by atoms with E-state index < -0.39 is 17.6 Å². The molecule has 0 aliphatic heterocycles. The summed E-state index contributed by atoms with van der Waals surface area (Å²) in [6, 6.07) is 13.4. The van der Waals surface area contributed by atoms with Gasteiger partial charge < -0.3 is 19.8 Å². The summed E-state index contributed by atoms with van der Waals surface area (Å²) >= 11 is 0. The van der Waals surface area contributed by atoms with Crippen LogP contribution in [0.2, 0.25) is 0 Å². The van der Waals surface area contributed by atoms with Gasteiger partial charge in [0, 0.05) is 24.2 Å². The Balaban J connectivity index is 1.49. The van der Waals surface area contributed by atoms with E-state index in [1.54, 1.807) is 42.5 Å². The molecule has 0 saturated heterocycles. The zero-order chi connectivity index (χ0) is 21.5. The van der Waals surface area contributed by atoms with Crippen molar-refractivity contribution in [2.45, 2.75) is 19.4 Å². The molecule has 0 bridgehead atoms. The number of methoxy groups -OCH3 is 1. The van der Waals surface area contributed by atoms with Crippen molar-refractivity contribution in [3.05, 3.63) is 64.6 Å². The van der Waals surface area contributed by atoms with Crippen molar-refractivity contribution in [3.8, 4) is 0 Å². The van der Waals surface area contributed by atoms with Gasteiger partial charge in [0.1, 0.15) is 6.54 Å². The standard InChI is InChI=1S/C21H21N3O6/c1-29-19(26)13-22-20(27)14-8-10-15(11-9-14)23-18(25)7-4-12-24-16-5-2-3-6-17(16)30-21(24)28/h2-3,5-6,8-11H,4,7,12-13H2,1H3,(H,22,27)(H,23,25). The third-order valence-corrected chi connectivity index (χ3v) is 4.41. The first kappa shape index (κ1) is 20.8. The number of carbonyl (C=O) groups excluding carboxylic acids is 3. The number of hydrogen-bond donors (Lipinski definition) is 2. The summed E-state index contributed by atoms with van der Waals surface area (Å²) in [4.78, 5) is 47.1. The lowest BCUT2D eigenvalue weighted by atomic mass is 10.2. The first-order valence-corrected chi connectivity index (χ1v) is 9.31. The van der Waals surface area contributed by atoms with Crippen LogP contribution >= 0.6 is 0 Å². The number of carbonyl (C=O) groups is 3. The first-order valence-electron chi connectivity index (χ1n) is 9.31. The van der Waals surface area contributed by atoms with Crippen LogP contribution in [0.4, 0.5) is 5.69 Å². The summed E-state index contributed by atoms with van der Waals surface area (Å²) < 4.78 is 11.1. The molecule has 30 heavy (non-hydrogen) atoms. The predicted octanol–water partition coefficient (Wildman–Crippen LogP) is 1.92. The van der Waals surface area contributed by atoms with Crippen LogP contribution < -0.4 is 16.4 Å². The number of esters is 1. The Morgan fingerprint density at radius 2 is 1.80 bits per heavy atom. The van der Waals surface area contributed by atoms with Crippen molar-refractivity contribution in [1.29, 1.82) is 0 Å². The maximum absolute atomic E-state index is 12.2. The molecule has 0 aliphatic carbocycles. The molecular weight excluding hydrogens is 390 g/mol. The van der Waals surface area contributed by atoms with Crippen molar-refractivity contribution < 1.29 is 23.5 Å². The number of aromatic nitrogens is 1. The molecule has 9 heteroatoms. The topological polar surface area (TPSA) is 120 Å². The molecule has 0 aliphatic rings. The van der Waals surface area contributed by atoms with Gasteiger partial charge in [-0.25, -0.2) is 4.79 Å². The van der Waals surface area contributed by atoms with E-state index in [0.717, 1.165) is 0 Å². The number of ether oxygens (including phenoxy) is 1. The molecule has 1 aromatic heterocycles. The average molecular weight is 411 g/mol. The van der Waals surface area contributed by atoms with Crippen LogP contribution in [0.1, 0.15) is 23.2 Å². The molecule has 0 fully saturated rings. The van der Waals surface area contributed by atoms with Gasteiger partial charge in [-0.05, 0) is 42.8 Å². The minimum Gasteiger partial charge on any atom is -0.468 e. The van der Waals surface area contributed by atoms with Crippen LogP contribution in [0.3, 0.4) is 0 Å². The van der Waals surface area contributed by atoms with Crippen molar-refractivity contribution >= 4 is 34.6 Å². The van der Waals surface area contributed by atoms with E-state index >= 15 is 0 Å². The average Bonchev–Trinajstić information content (AvgIpc) is 3.07. The van der Waals surface area contributed by atoms with Crippen LogP contribution in [0.15, 0.2) is 57.7 Å². The summed E-state index contributed by atoms with van der Waals surface area (Å²) in [7, 11) is 1.24. The molecule has 1 heterocycles. The molecule has 3 aromatic rings. The highest BCUT2D eigenvalue weighted by molar-refractivity contribution is 5.97. The molecule has 0 saturated carbocycles. The second-order valence-electron chi connectivity index (χ2n) is 6.48. The second kappa shape index (κ2) is 9.55. The summed E-state index contributed by atoms with van der Waals surface area (Å²) in [5.41, 5.74) is 2.10. The number of nitrogens with zero attached hydrogens (tertiary/aromatic N) is 1. The number of aryl methyl sites for hydroxylation is 1. The zero-order valence-electron chi connectivity index (χ0n) is 16.3. The van der Waals surface area contributed by atoms with E-state index in [4.69, 9.17) is 4.42 Å². The molecular formula is C21H21N3O6. The van der Waals surface area contributed by atoms with Crippen molar-refractivity contribution in [2.24, 2.45) is 0 Å². The Morgan fingerprint density at radius 1 is 1.07 bits per heavy atom. The molecule has 2 N–H and O–H groups in total. The van der Waals surface area contributed by atoms with Gasteiger partial charge in [-0.2, -0.15) is 0 Å². The normalized spacial score (nSPS) is 10.6. The first-order chi connectivity index (χ1) is 14.5. The van der Waals surface area contributed by atoms with Crippen LogP contribution in [-0.2, 0) is 20.9 Å². The molecule has 0 radical (unpaired) electrons. The number of rotatable bonds is 8. The maximum Gasteiger partial charge on any atom is 0.419 e. The van der Waals surface area contributed by atoms with Gasteiger partial charge in [0.15, 0.2) is 5.58 Å². The van der Waals surface area contributed by atoms with Crippen molar-refractivity contribution in [2.75, 3.05) is 19.0 Å². The second-order valence-corrected chi connectivity index (χ2v) is 6.48. The Labute approximate surface area is 171 Å². The SMILES string of the molecule is COC(=O)CNC(=O)c1ccc(NC(=O)CCCn2c(=O)oc3ccccc32)cc1. The van der Waals surface area contributed by atoms with Crippen molar-refractivity contribution in [3.63, 3.8) is 0 Å². The number of fused-ring (bicyclic) bond motifs is 1. The maximum atomic E-state index is 12.2. The molecule has 0 atom stereocenters. The highest BCUT2D eigenvalue weighted by atomic mass is 16.5. The predicted molar refractivity (Wildman–Crippen MR) is 109 cm³/mol. The number of para-hydroxylation sites is 2. The minimum absolute atomic E-state index is 0.209. The summed E-state index contributed by atoms with van der Waals surface area (Å²) in [5, 5.41) is 5.18. The summed E-state index contributed by atoms with van der Waals surface area (Å²) in [5.74, 6) is -1.62. The third-order valence-electron chi connectivity index (χ3n) is 4.41. The smallest absolute Gasteiger partial charge is 0.419 e. The lowest BCUT2D eigenvalue weighted by molar-refractivity contribution is -0.139. The highest BCUT2D eigenvalue weighted by Gasteiger charge is 2.11. The quantitative estimate of drug-likeness (QED) is 0.547. The Bertz CT molecular complexity index is 1110. The monoisotopic (exact) mass is 411 g/mol. The van der Waals surface area contributed by atoms with E-state index in [1.807, 2.05) is 6.07 Å². The van der Waals surface area contributed by atoms with Gasteiger partial charge in [0.2, 0.25) is 5.91 Å². The fourth-order valence-corrected chi connectivity index (χ4v) is 2.88. The van der Waals surface area contributed by atoms with E-state index in [2.05, 4.69) is 15.4 Å². The Morgan fingerprint density at radius 3 is 2.53 bits per heavy atom. The fraction of sp³-hybridized carbons (Fsp3) is 0.238. The van der Waals surface area contributed by atoms with Crippen LogP contribution in [0.25, 0.3) is 11.1 Å². The number of hydrogen-bond acceptors (Lipinski definition) is 6. The van der Waals surface area contributed by atoms with E-state index in [1.165, 1.54) is 11.7 Å². The van der Waals surface area contributed by atoms with E-state index in [9.17, 15) is 19.2 Å². The van der Waals surface area contributed by atoms with Gasteiger partial charge >= 0.3 is 11.7 Å². The molecule has 9 nitrogen and oxygen atoms in total. The largest absolute Gasteiger partial charge is 0.468 e. The van der Waals surface area contributed by atoms with Crippen LogP contribution in [0, 0.1) is 0 Å². The lowest BCUT2D eigenvalue weighted by Gasteiger charge is -2.07. The van der Waals surface area contributed by atoms with Crippen LogP contribution in [-0.4, -0.2) is 36.0 Å². The van der Waals surface area contributed by atoms with Gasteiger partial charge in [-0.3, -0.25) is 19.0 Å². The van der Waals surface area contributed by atoms with E-state index in [-0.39, 0.29) is 18.9 Å². The fourth-order valence-electron chi connectivity index (χ4n) is 2.88. The van der Waals surface area contributed by atoms with Crippen LogP contribution in [0.5, 0.6) is 0 Å². The Kier molecular flexibility index (Phi) is 6.63. The lowest BCUT2D eigenvalue weighted by Crippen LogP contribution is -2.30. The minimum atomic E-state index is -0.544. The van der Waals surface area contributed by atoms with Gasteiger partial charge in [-0.15, -0.1) is 0 Å². The number of oxazole rings is 1. The molecule has 2 amide bonds.